The van der Waals surface area contributed by atoms with Gasteiger partial charge in [0.2, 0.25) is 0 Å². The van der Waals surface area contributed by atoms with Gasteiger partial charge in [-0.2, -0.15) is 0 Å². The number of fused-ring (bicyclic) bond motifs is 1. The molecule has 4 heteroatoms. The van der Waals surface area contributed by atoms with E-state index in [-0.39, 0.29) is 5.91 Å². The van der Waals surface area contributed by atoms with Crippen molar-refractivity contribution in [2.75, 3.05) is 20.2 Å². The van der Waals surface area contributed by atoms with Crippen LogP contribution < -0.4 is 4.74 Å². The lowest BCUT2D eigenvalue weighted by Gasteiger charge is -2.15. The number of aryl methyl sites for hydroxylation is 1. The molecule has 2 heterocycles. The quantitative estimate of drug-likeness (QED) is 0.900. The van der Waals surface area contributed by atoms with Crippen molar-refractivity contribution in [2.24, 2.45) is 0 Å². The fraction of sp³-hybridized carbons (Fsp3) is 0.400. The minimum atomic E-state index is 0.134. The lowest BCUT2D eigenvalue weighted by atomic mass is 10.1. The van der Waals surface area contributed by atoms with Gasteiger partial charge in [0, 0.05) is 24.2 Å². The Balaban J connectivity index is 2.12. The van der Waals surface area contributed by atoms with E-state index in [1.54, 1.807) is 7.11 Å². The molecule has 1 N–H and O–H groups in total. The van der Waals surface area contributed by atoms with E-state index in [9.17, 15) is 4.79 Å². The maximum Gasteiger partial charge on any atom is 0.256 e. The van der Waals surface area contributed by atoms with Gasteiger partial charge >= 0.3 is 0 Å². The molecule has 4 nitrogen and oxygen atoms in total. The van der Waals surface area contributed by atoms with Gasteiger partial charge in [-0.3, -0.25) is 4.79 Å². The maximum atomic E-state index is 12.6. The average Bonchev–Trinajstić information content (AvgIpc) is 3.04. The second kappa shape index (κ2) is 4.61. The van der Waals surface area contributed by atoms with Crippen LogP contribution in [0.4, 0.5) is 0 Å². The lowest BCUT2D eigenvalue weighted by molar-refractivity contribution is 0.0794. The third-order valence-electron chi connectivity index (χ3n) is 3.81. The number of H-pyrrole nitrogens is 1. The van der Waals surface area contributed by atoms with Gasteiger partial charge in [0.1, 0.15) is 5.75 Å². The van der Waals surface area contributed by atoms with Crippen LogP contribution in [-0.4, -0.2) is 36.0 Å². The molecular weight excluding hydrogens is 240 g/mol. The Bertz CT molecular complexity index is 624. The molecule has 1 aromatic carbocycles. The number of aromatic amines is 1. The topological polar surface area (TPSA) is 45.3 Å². The molecule has 0 spiro atoms. The number of nitrogens with one attached hydrogen (secondary N) is 1. The number of ether oxygens (including phenoxy) is 1. The van der Waals surface area contributed by atoms with E-state index in [2.05, 4.69) is 4.98 Å². The number of aromatic nitrogens is 1. The summed E-state index contributed by atoms with van der Waals surface area (Å²) in [7, 11) is 1.65. The Morgan fingerprint density at radius 1 is 1.32 bits per heavy atom. The summed E-state index contributed by atoms with van der Waals surface area (Å²) < 4.78 is 5.34. The highest BCUT2D eigenvalue weighted by atomic mass is 16.5. The number of para-hydroxylation sites is 1. The number of rotatable bonds is 2. The van der Waals surface area contributed by atoms with Gasteiger partial charge in [-0.1, -0.05) is 12.1 Å². The minimum absolute atomic E-state index is 0.134. The van der Waals surface area contributed by atoms with Crippen LogP contribution in [0.5, 0.6) is 5.75 Å². The third-order valence-corrected chi connectivity index (χ3v) is 3.81. The highest BCUT2D eigenvalue weighted by Gasteiger charge is 2.24. The summed E-state index contributed by atoms with van der Waals surface area (Å²) in [5, 5.41) is 0.953. The molecule has 19 heavy (non-hydrogen) atoms. The fourth-order valence-corrected chi connectivity index (χ4v) is 2.84. The van der Waals surface area contributed by atoms with Crippen molar-refractivity contribution in [2.45, 2.75) is 19.8 Å². The first kappa shape index (κ1) is 12.1. The average molecular weight is 258 g/mol. The zero-order valence-corrected chi connectivity index (χ0v) is 11.3. The molecule has 1 aromatic heterocycles. The smallest absolute Gasteiger partial charge is 0.256 e. The maximum absolute atomic E-state index is 12.6. The van der Waals surface area contributed by atoms with Gasteiger partial charge in [0.05, 0.1) is 18.2 Å². The van der Waals surface area contributed by atoms with E-state index >= 15 is 0 Å². The molecule has 1 aliphatic heterocycles. The molecule has 1 fully saturated rings. The van der Waals surface area contributed by atoms with Gasteiger partial charge in [0.25, 0.3) is 5.91 Å². The van der Waals surface area contributed by atoms with Gasteiger partial charge < -0.3 is 14.6 Å². The molecule has 0 radical (unpaired) electrons. The summed E-state index contributed by atoms with van der Waals surface area (Å²) in [6.45, 7) is 3.69. The van der Waals surface area contributed by atoms with E-state index in [0.29, 0.717) is 0 Å². The summed E-state index contributed by atoms with van der Waals surface area (Å²) in [5.41, 5.74) is 2.61. The van der Waals surface area contributed by atoms with E-state index in [4.69, 9.17) is 4.74 Å². The first-order chi connectivity index (χ1) is 9.22. The van der Waals surface area contributed by atoms with Crippen LogP contribution in [0, 0.1) is 6.92 Å². The molecule has 0 bridgehead atoms. The van der Waals surface area contributed by atoms with Crippen LogP contribution >= 0.6 is 0 Å². The Hall–Kier alpha value is -1.97. The van der Waals surface area contributed by atoms with E-state index in [0.717, 1.165) is 53.8 Å². The molecule has 3 rings (SSSR count). The largest absolute Gasteiger partial charge is 0.495 e. The molecule has 2 aromatic rings. The van der Waals surface area contributed by atoms with Crippen LogP contribution in [0.1, 0.15) is 28.9 Å². The number of nitrogens with zero attached hydrogens (tertiary/aromatic N) is 1. The predicted molar refractivity (Wildman–Crippen MR) is 74.7 cm³/mol. The SMILES string of the molecule is COc1cccc2c(C(=O)N3CCCC3)c(C)[nH]c12. The highest BCUT2D eigenvalue weighted by molar-refractivity contribution is 6.09. The zero-order chi connectivity index (χ0) is 13.4. The van der Waals surface area contributed by atoms with Crippen molar-refractivity contribution in [1.82, 2.24) is 9.88 Å². The van der Waals surface area contributed by atoms with Gasteiger partial charge in [-0.15, -0.1) is 0 Å². The van der Waals surface area contributed by atoms with Gasteiger partial charge in [-0.05, 0) is 25.8 Å². The zero-order valence-electron chi connectivity index (χ0n) is 11.3. The normalized spacial score (nSPS) is 15.2. The summed E-state index contributed by atoms with van der Waals surface area (Å²) in [6.07, 6.45) is 2.22. The second-order valence-electron chi connectivity index (χ2n) is 5.01. The Kier molecular flexibility index (Phi) is 2.93. The van der Waals surface area contributed by atoms with Crippen molar-refractivity contribution < 1.29 is 9.53 Å². The lowest BCUT2D eigenvalue weighted by Crippen LogP contribution is -2.27. The number of amides is 1. The highest BCUT2D eigenvalue weighted by Crippen LogP contribution is 2.30. The van der Waals surface area contributed by atoms with Crippen LogP contribution in [0.3, 0.4) is 0 Å². The first-order valence-corrected chi connectivity index (χ1v) is 6.67. The molecule has 0 aliphatic carbocycles. The number of carbonyl (C=O) groups excluding carboxylic acids is 1. The Morgan fingerprint density at radius 2 is 2.05 bits per heavy atom. The van der Waals surface area contributed by atoms with Crippen LogP contribution in [0.25, 0.3) is 10.9 Å². The van der Waals surface area contributed by atoms with Crippen molar-refractivity contribution in [3.8, 4) is 5.75 Å². The number of carbonyl (C=O) groups is 1. The van der Waals surface area contributed by atoms with Crippen molar-refractivity contribution >= 4 is 16.8 Å². The standard InChI is InChI=1S/C15H18N2O2/c1-10-13(15(18)17-8-3-4-9-17)11-6-5-7-12(19-2)14(11)16-10/h5-7,16H,3-4,8-9H2,1-2H3. The molecule has 1 saturated heterocycles. The van der Waals surface area contributed by atoms with Crippen LogP contribution in [0.15, 0.2) is 18.2 Å². The molecule has 0 unspecified atom stereocenters. The molecule has 0 atom stereocenters. The molecule has 100 valence electrons. The van der Waals surface area contributed by atoms with Crippen molar-refractivity contribution in [3.05, 3.63) is 29.5 Å². The van der Waals surface area contributed by atoms with Crippen LogP contribution in [0.2, 0.25) is 0 Å². The summed E-state index contributed by atoms with van der Waals surface area (Å²) in [6, 6.07) is 5.81. The molecule has 1 aliphatic rings. The van der Waals surface area contributed by atoms with Crippen molar-refractivity contribution in [3.63, 3.8) is 0 Å². The summed E-state index contributed by atoms with van der Waals surface area (Å²) >= 11 is 0. The minimum Gasteiger partial charge on any atom is -0.495 e. The number of hydrogen-bond acceptors (Lipinski definition) is 2. The Morgan fingerprint density at radius 3 is 2.74 bits per heavy atom. The van der Waals surface area contributed by atoms with E-state index in [1.807, 2.05) is 30.0 Å². The molecular formula is C15H18N2O2. The molecule has 0 saturated carbocycles. The van der Waals surface area contributed by atoms with Crippen molar-refractivity contribution in [1.29, 1.82) is 0 Å². The van der Waals surface area contributed by atoms with Gasteiger partial charge in [-0.25, -0.2) is 0 Å². The molecule has 1 amide bonds. The Labute approximate surface area is 112 Å². The first-order valence-electron chi connectivity index (χ1n) is 6.67. The van der Waals surface area contributed by atoms with E-state index < -0.39 is 0 Å². The van der Waals surface area contributed by atoms with E-state index in [1.165, 1.54) is 0 Å². The number of benzene rings is 1. The predicted octanol–water partition coefficient (Wildman–Crippen LogP) is 2.72. The number of hydrogen-bond donors (Lipinski definition) is 1. The fourth-order valence-electron chi connectivity index (χ4n) is 2.84. The monoisotopic (exact) mass is 258 g/mol. The second-order valence-corrected chi connectivity index (χ2v) is 5.01. The van der Waals surface area contributed by atoms with Gasteiger partial charge in [0.15, 0.2) is 0 Å². The summed E-state index contributed by atoms with van der Waals surface area (Å²) in [5.74, 6) is 0.913. The third kappa shape index (κ3) is 1.87. The summed E-state index contributed by atoms with van der Waals surface area (Å²) in [4.78, 5) is 17.8. The number of likely N-dealkylation sites (tertiary alicyclic amines) is 1. The van der Waals surface area contributed by atoms with Crippen LogP contribution in [-0.2, 0) is 0 Å². The number of methoxy groups -OCH3 is 1.